The molecule has 1 heterocycles. The smallest absolute Gasteiger partial charge is 0.327 e. The van der Waals surface area contributed by atoms with Crippen molar-refractivity contribution in [2.45, 2.75) is 38.4 Å². The van der Waals surface area contributed by atoms with E-state index in [9.17, 15) is 26.4 Å². The maximum atomic E-state index is 12.7. The molecule has 2 N–H and O–H groups in total. The summed E-state index contributed by atoms with van der Waals surface area (Å²) in [7, 11) is -3.28. The highest BCUT2D eigenvalue weighted by Gasteiger charge is 2.30. The molecule has 0 atom stereocenters. The first-order chi connectivity index (χ1) is 13.6. The molecule has 0 aliphatic carbocycles. The Bertz CT molecular complexity index is 868. The number of sulfonamides is 1. The van der Waals surface area contributed by atoms with Gasteiger partial charge in [-0.25, -0.2) is 17.9 Å². The van der Waals surface area contributed by atoms with E-state index in [4.69, 9.17) is 0 Å². The summed E-state index contributed by atoms with van der Waals surface area (Å²) in [6, 6.07) is 4.16. The zero-order valence-electron chi connectivity index (χ0n) is 16.1. The van der Waals surface area contributed by atoms with E-state index in [2.05, 4.69) is 21.9 Å². The van der Waals surface area contributed by atoms with Gasteiger partial charge in [0.2, 0.25) is 10.0 Å². The molecule has 160 valence electrons. The first-order valence-corrected chi connectivity index (χ1v) is 10.9. The number of hydrogen-bond acceptors (Lipinski definition) is 3. The SMILES string of the molecule is CCCS(=O)(=O)NC1CCN(C(=O)NCC#Cc2cccc(C(F)(F)F)c2)CC1. The number of nitrogens with zero attached hydrogens (tertiary/aromatic N) is 1. The summed E-state index contributed by atoms with van der Waals surface area (Å²) >= 11 is 0. The average Bonchev–Trinajstić information content (AvgIpc) is 2.65. The molecule has 0 aromatic heterocycles. The third kappa shape index (κ3) is 7.59. The normalized spacial score (nSPS) is 15.5. The standard InChI is InChI=1S/C19H24F3N3O3S/c1-2-13-29(27,28)24-17-8-11-25(12-9-17)18(26)23-10-4-6-15-5-3-7-16(14-15)19(20,21)22/h3,5,7,14,17,24H,2,8-13H2,1H3,(H,23,26). The van der Waals surface area contributed by atoms with Gasteiger partial charge in [0.25, 0.3) is 0 Å². The van der Waals surface area contributed by atoms with Gasteiger partial charge in [-0.15, -0.1) is 0 Å². The summed E-state index contributed by atoms with van der Waals surface area (Å²) in [6.45, 7) is 2.61. The summed E-state index contributed by atoms with van der Waals surface area (Å²) < 4.78 is 64.3. The topological polar surface area (TPSA) is 78.5 Å². The van der Waals surface area contributed by atoms with Gasteiger partial charge in [-0.3, -0.25) is 0 Å². The van der Waals surface area contributed by atoms with Crippen molar-refractivity contribution in [1.82, 2.24) is 14.9 Å². The van der Waals surface area contributed by atoms with E-state index in [1.807, 2.05) is 0 Å². The predicted molar refractivity (Wildman–Crippen MR) is 104 cm³/mol. The fourth-order valence-corrected chi connectivity index (χ4v) is 4.33. The van der Waals surface area contributed by atoms with Crippen LogP contribution in [0.5, 0.6) is 0 Å². The van der Waals surface area contributed by atoms with Crippen molar-refractivity contribution < 1.29 is 26.4 Å². The minimum atomic E-state index is -4.43. The van der Waals surface area contributed by atoms with Crippen LogP contribution in [-0.4, -0.2) is 50.8 Å². The van der Waals surface area contributed by atoms with Gasteiger partial charge < -0.3 is 10.2 Å². The Morgan fingerprint density at radius 3 is 2.59 bits per heavy atom. The van der Waals surface area contributed by atoms with Gasteiger partial charge in [-0.2, -0.15) is 13.2 Å². The van der Waals surface area contributed by atoms with Crippen LogP contribution in [0.1, 0.15) is 37.3 Å². The van der Waals surface area contributed by atoms with E-state index in [0.717, 1.165) is 12.1 Å². The van der Waals surface area contributed by atoms with Crippen molar-refractivity contribution in [2.75, 3.05) is 25.4 Å². The van der Waals surface area contributed by atoms with Crippen molar-refractivity contribution in [3.8, 4) is 11.8 Å². The van der Waals surface area contributed by atoms with Gasteiger partial charge in [-0.05, 0) is 37.5 Å². The van der Waals surface area contributed by atoms with Gasteiger partial charge in [0.05, 0.1) is 17.9 Å². The number of amides is 2. The van der Waals surface area contributed by atoms with Crippen LogP contribution in [0, 0.1) is 11.8 Å². The van der Waals surface area contributed by atoms with E-state index in [1.54, 1.807) is 11.8 Å². The molecule has 0 saturated carbocycles. The molecule has 2 rings (SSSR count). The van der Waals surface area contributed by atoms with Gasteiger partial charge in [-0.1, -0.05) is 24.8 Å². The van der Waals surface area contributed by atoms with Crippen molar-refractivity contribution in [1.29, 1.82) is 0 Å². The number of hydrogen-bond donors (Lipinski definition) is 2. The minimum Gasteiger partial charge on any atom is -0.327 e. The predicted octanol–water partition coefficient (Wildman–Crippen LogP) is 2.56. The Balaban J connectivity index is 1.78. The van der Waals surface area contributed by atoms with Crippen molar-refractivity contribution >= 4 is 16.1 Å². The number of carbonyl (C=O) groups excluding carboxylic acids is 1. The van der Waals surface area contributed by atoms with Crippen molar-refractivity contribution in [3.63, 3.8) is 0 Å². The second-order valence-electron chi connectivity index (χ2n) is 6.74. The van der Waals surface area contributed by atoms with E-state index in [1.165, 1.54) is 12.1 Å². The second-order valence-corrected chi connectivity index (χ2v) is 8.61. The number of urea groups is 1. The van der Waals surface area contributed by atoms with Crippen LogP contribution in [0.25, 0.3) is 0 Å². The Kier molecular flexibility index (Phi) is 7.93. The lowest BCUT2D eigenvalue weighted by atomic mass is 10.1. The lowest BCUT2D eigenvalue weighted by Crippen LogP contribution is -2.49. The fraction of sp³-hybridized carbons (Fsp3) is 0.526. The monoisotopic (exact) mass is 431 g/mol. The number of halogens is 3. The molecule has 29 heavy (non-hydrogen) atoms. The molecular formula is C19H24F3N3O3S. The van der Waals surface area contributed by atoms with E-state index in [0.29, 0.717) is 32.4 Å². The fourth-order valence-electron chi connectivity index (χ4n) is 2.93. The number of nitrogens with one attached hydrogen (secondary N) is 2. The molecule has 1 aliphatic rings. The molecule has 2 amide bonds. The molecule has 1 saturated heterocycles. The van der Waals surface area contributed by atoms with Crippen molar-refractivity contribution in [2.24, 2.45) is 0 Å². The summed E-state index contributed by atoms with van der Waals surface area (Å²) in [5.41, 5.74) is -0.556. The van der Waals surface area contributed by atoms with Crippen LogP contribution >= 0.6 is 0 Å². The first-order valence-electron chi connectivity index (χ1n) is 9.29. The van der Waals surface area contributed by atoms with E-state index < -0.39 is 21.8 Å². The van der Waals surface area contributed by atoms with Crippen LogP contribution in [0.2, 0.25) is 0 Å². The van der Waals surface area contributed by atoms with Crippen LogP contribution in [0.15, 0.2) is 24.3 Å². The number of rotatable bonds is 5. The second kappa shape index (κ2) is 9.98. The summed E-state index contributed by atoms with van der Waals surface area (Å²) in [4.78, 5) is 13.7. The Morgan fingerprint density at radius 2 is 1.97 bits per heavy atom. The molecule has 1 fully saturated rings. The van der Waals surface area contributed by atoms with Crippen molar-refractivity contribution in [3.05, 3.63) is 35.4 Å². The Hall–Kier alpha value is -2.25. The molecule has 1 aliphatic heterocycles. The third-order valence-electron chi connectivity index (χ3n) is 4.35. The van der Waals surface area contributed by atoms with Gasteiger partial charge >= 0.3 is 12.2 Å². The number of carbonyl (C=O) groups is 1. The lowest BCUT2D eigenvalue weighted by molar-refractivity contribution is -0.137. The quantitative estimate of drug-likeness (QED) is 0.704. The van der Waals surface area contributed by atoms with E-state index >= 15 is 0 Å². The first kappa shape index (κ1) is 23.0. The summed E-state index contributed by atoms with van der Waals surface area (Å²) in [5, 5.41) is 2.60. The Morgan fingerprint density at radius 1 is 1.28 bits per heavy atom. The molecule has 6 nitrogen and oxygen atoms in total. The number of likely N-dealkylation sites (tertiary alicyclic amines) is 1. The Labute approximate surface area is 168 Å². The van der Waals surface area contributed by atoms with Crippen LogP contribution in [0.4, 0.5) is 18.0 Å². The highest BCUT2D eigenvalue weighted by Crippen LogP contribution is 2.29. The number of benzene rings is 1. The largest absolute Gasteiger partial charge is 0.416 e. The molecule has 1 aromatic carbocycles. The highest BCUT2D eigenvalue weighted by atomic mass is 32.2. The minimum absolute atomic E-state index is 0.00185. The number of piperidine rings is 1. The maximum absolute atomic E-state index is 12.7. The molecule has 0 bridgehead atoms. The van der Waals surface area contributed by atoms with Crippen LogP contribution in [0.3, 0.4) is 0 Å². The number of alkyl halides is 3. The third-order valence-corrected chi connectivity index (χ3v) is 5.99. The highest BCUT2D eigenvalue weighted by molar-refractivity contribution is 7.89. The molecule has 0 radical (unpaired) electrons. The van der Waals surface area contributed by atoms with Gasteiger partial charge in [0.15, 0.2) is 0 Å². The van der Waals surface area contributed by atoms with Crippen LogP contribution in [-0.2, 0) is 16.2 Å². The molecular weight excluding hydrogens is 407 g/mol. The summed E-state index contributed by atoms with van der Waals surface area (Å²) in [6.07, 6.45) is -2.85. The molecule has 0 unspecified atom stereocenters. The molecule has 0 spiro atoms. The zero-order valence-corrected chi connectivity index (χ0v) is 16.9. The average molecular weight is 431 g/mol. The summed E-state index contributed by atoms with van der Waals surface area (Å²) in [5.74, 6) is 5.32. The van der Waals surface area contributed by atoms with Gasteiger partial charge in [0, 0.05) is 24.7 Å². The maximum Gasteiger partial charge on any atom is 0.416 e. The zero-order chi connectivity index (χ0) is 21.5. The lowest BCUT2D eigenvalue weighted by Gasteiger charge is -2.32. The molecule has 1 aromatic rings. The van der Waals surface area contributed by atoms with E-state index in [-0.39, 0.29) is 29.9 Å². The molecule has 10 heteroatoms. The van der Waals surface area contributed by atoms with Crippen LogP contribution < -0.4 is 10.0 Å². The van der Waals surface area contributed by atoms with Gasteiger partial charge in [0.1, 0.15) is 0 Å².